The van der Waals surface area contributed by atoms with Gasteiger partial charge in [-0.05, 0) is 67.3 Å². The lowest BCUT2D eigenvalue weighted by molar-refractivity contribution is -0.152. The van der Waals surface area contributed by atoms with E-state index in [0.29, 0.717) is 24.3 Å². The second-order valence-electron chi connectivity index (χ2n) is 9.26. The third-order valence-corrected chi connectivity index (χ3v) is 7.35. The predicted octanol–water partition coefficient (Wildman–Crippen LogP) is 3.67. The second-order valence-corrected chi connectivity index (χ2v) is 9.26. The Morgan fingerprint density at radius 3 is 2.90 bits per heavy atom. The maximum Gasteiger partial charge on any atom is 0.223 e. The maximum atomic E-state index is 13.9. The van der Waals surface area contributed by atoms with Crippen LogP contribution in [0.1, 0.15) is 36.9 Å². The van der Waals surface area contributed by atoms with Gasteiger partial charge in [-0.25, -0.2) is 4.39 Å². The standard InChI is InChI=1S/C25H30FN3O2/c1-31-24-8-4-10-27-21(24)16-28-14-18-13-19(15-28)23(12-17-5-2-6-20(26)11-17)29-22(18)7-3-9-25(29)30/h2,4-6,8,10-11,18-19,22-23H,3,7,9,12-16H2,1H3/t18-,19+,22+,23+/m1/s1. The number of methoxy groups -OCH3 is 1. The van der Waals surface area contributed by atoms with Crippen LogP contribution in [0.4, 0.5) is 4.39 Å². The topological polar surface area (TPSA) is 45.7 Å². The number of fused-ring (bicyclic) bond motifs is 4. The van der Waals surface area contributed by atoms with Crippen LogP contribution >= 0.6 is 0 Å². The molecule has 4 atom stereocenters. The van der Waals surface area contributed by atoms with Gasteiger partial charge in [0.25, 0.3) is 0 Å². The van der Waals surface area contributed by atoms with E-state index in [-0.39, 0.29) is 17.8 Å². The zero-order valence-corrected chi connectivity index (χ0v) is 18.0. The largest absolute Gasteiger partial charge is 0.495 e. The van der Waals surface area contributed by atoms with Crippen LogP contribution in [0.15, 0.2) is 42.6 Å². The average molecular weight is 424 g/mol. The number of carbonyl (C=O) groups excluding carboxylic acids is 1. The van der Waals surface area contributed by atoms with Gasteiger partial charge in [-0.1, -0.05) is 12.1 Å². The first-order valence-corrected chi connectivity index (χ1v) is 11.4. The van der Waals surface area contributed by atoms with Crippen LogP contribution in [-0.4, -0.2) is 53.0 Å². The van der Waals surface area contributed by atoms with Gasteiger partial charge in [-0.15, -0.1) is 0 Å². The van der Waals surface area contributed by atoms with Crippen LogP contribution in [0.5, 0.6) is 5.75 Å². The molecule has 0 N–H and O–H groups in total. The van der Waals surface area contributed by atoms with Crippen molar-refractivity contribution in [2.45, 2.75) is 50.7 Å². The molecule has 3 aliphatic rings. The van der Waals surface area contributed by atoms with Crippen LogP contribution < -0.4 is 4.74 Å². The molecular weight excluding hydrogens is 393 g/mol. The van der Waals surface area contributed by atoms with Crippen LogP contribution in [0.25, 0.3) is 0 Å². The van der Waals surface area contributed by atoms with E-state index in [1.807, 2.05) is 24.4 Å². The van der Waals surface area contributed by atoms with Crippen molar-refractivity contribution in [3.63, 3.8) is 0 Å². The number of hydrogen-bond donors (Lipinski definition) is 0. The Hall–Kier alpha value is -2.47. The zero-order valence-electron chi connectivity index (χ0n) is 18.0. The summed E-state index contributed by atoms with van der Waals surface area (Å²) in [5.41, 5.74) is 1.94. The fourth-order valence-corrected chi connectivity index (χ4v) is 6.11. The summed E-state index contributed by atoms with van der Waals surface area (Å²) >= 11 is 0. The molecule has 2 bridgehead atoms. The van der Waals surface area contributed by atoms with E-state index in [1.54, 1.807) is 19.2 Å². The van der Waals surface area contributed by atoms with E-state index < -0.39 is 0 Å². The highest BCUT2D eigenvalue weighted by Gasteiger charge is 2.49. The number of aromatic nitrogens is 1. The number of likely N-dealkylation sites (tertiary alicyclic amines) is 1. The number of rotatable bonds is 5. The van der Waals surface area contributed by atoms with Gasteiger partial charge in [0.15, 0.2) is 0 Å². The van der Waals surface area contributed by atoms with E-state index in [2.05, 4.69) is 14.8 Å². The van der Waals surface area contributed by atoms with E-state index in [1.165, 1.54) is 6.07 Å². The Kier molecular flexibility index (Phi) is 5.65. The molecule has 0 saturated carbocycles. The molecule has 0 radical (unpaired) electrons. The van der Waals surface area contributed by atoms with Crippen LogP contribution in [0.2, 0.25) is 0 Å². The summed E-state index contributed by atoms with van der Waals surface area (Å²) < 4.78 is 19.4. The molecular formula is C25H30FN3O2. The number of pyridine rings is 1. The summed E-state index contributed by atoms with van der Waals surface area (Å²) in [4.78, 5) is 22.2. The quantitative estimate of drug-likeness (QED) is 0.736. The summed E-state index contributed by atoms with van der Waals surface area (Å²) in [6.07, 6.45) is 6.37. The van der Waals surface area contributed by atoms with Gasteiger partial charge in [0, 0.05) is 44.3 Å². The van der Waals surface area contributed by atoms with Crippen molar-refractivity contribution in [3.05, 3.63) is 59.7 Å². The van der Waals surface area contributed by atoms with Crippen molar-refractivity contribution in [1.82, 2.24) is 14.8 Å². The van der Waals surface area contributed by atoms with Crippen molar-refractivity contribution in [2.75, 3.05) is 20.2 Å². The highest BCUT2D eigenvalue weighted by atomic mass is 19.1. The Labute approximate surface area is 183 Å². The lowest BCUT2D eigenvalue weighted by Crippen LogP contribution is -2.65. The average Bonchev–Trinajstić information content (AvgIpc) is 2.77. The Morgan fingerprint density at radius 2 is 2.06 bits per heavy atom. The van der Waals surface area contributed by atoms with Crippen molar-refractivity contribution in [2.24, 2.45) is 11.8 Å². The molecule has 1 aromatic heterocycles. The molecule has 3 aliphatic heterocycles. The minimum atomic E-state index is -0.208. The first-order chi connectivity index (χ1) is 15.1. The Morgan fingerprint density at radius 1 is 1.19 bits per heavy atom. The lowest BCUT2D eigenvalue weighted by atomic mass is 9.70. The summed E-state index contributed by atoms with van der Waals surface area (Å²) in [5.74, 6) is 1.77. The van der Waals surface area contributed by atoms with E-state index >= 15 is 0 Å². The van der Waals surface area contributed by atoms with Gasteiger partial charge in [0.05, 0.1) is 12.8 Å². The molecule has 3 saturated heterocycles. The molecule has 3 fully saturated rings. The fourth-order valence-electron chi connectivity index (χ4n) is 6.11. The number of hydrogen-bond acceptors (Lipinski definition) is 4. The van der Waals surface area contributed by atoms with E-state index in [4.69, 9.17) is 4.74 Å². The number of ether oxygens (including phenoxy) is 1. The summed E-state index contributed by atoms with van der Waals surface area (Å²) in [6.45, 7) is 2.66. The molecule has 0 aliphatic carbocycles. The first-order valence-electron chi connectivity index (χ1n) is 11.4. The number of piperidine rings is 3. The molecule has 0 unspecified atom stereocenters. The van der Waals surface area contributed by atoms with Crippen LogP contribution in [-0.2, 0) is 17.8 Å². The Bertz CT molecular complexity index is 952. The van der Waals surface area contributed by atoms with Crippen molar-refractivity contribution in [3.8, 4) is 5.75 Å². The fraction of sp³-hybridized carbons (Fsp3) is 0.520. The smallest absolute Gasteiger partial charge is 0.223 e. The molecule has 31 heavy (non-hydrogen) atoms. The number of carbonyl (C=O) groups is 1. The molecule has 164 valence electrons. The normalized spacial score (nSPS) is 28.3. The minimum absolute atomic E-state index is 0.129. The van der Waals surface area contributed by atoms with Gasteiger partial charge in [-0.3, -0.25) is 14.7 Å². The first kappa shape index (κ1) is 20.4. The zero-order chi connectivity index (χ0) is 21.4. The van der Waals surface area contributed by atoms with Crippen LogP contribution in [0, 0.1) is 17.7 Å². The highest BCUT2D eigenvalue weighted by molar-refractivity contribution is 5.78. The molecule has 1 aromatic carbocycles. The lowest BCUT2D eigenvalue weighted by Gasteiger charge is -2.56. The molecule has 5 rings (SSSR count). The van der Waals surface area contributed by atoms with Gasteiger partial charge < -0.3 is 9.64 Å². The molecule has 0 spiro atoms. The minimum Gasteiger partial charge on any atom is -0.495 e. The van der Waals surface area contributed by atoms with Crippen LogP contribution in [0.3, 0.4) is 0 Å². The second kappa shape index (κ2) is 8.58. The van der Waals surface area contributed by atoms with Crippen molar-refractivity contribution < 1.29 is 13.9 Å². The van der Waals surface area contributed by atoms with Gasteiger partial charge in [0.2, 0.25) is 5.91 Å². The molecule has 5 nitrogen and oxygen atoms in total. The number of halogens is 1. The molecule has 1 amide bonds. The SMILES string of the molecule is COc1cccnc1CN1C[C@H]2C[C@@H](C1)[C@H](Cc1cccc(F)c1)N1C(=O)CCC[C@@H]21. The van der Waals surface area contributed by atoms with Gasteiger partial charge in [-0.2, -0.15) is 0 Å². The third-order valence-electron chi connectivity index (χ3n) is 7.35. The Balaban J connectivity index is 1.41. The van der Waals surface area contributed by atoms with E-state index in [9.17, 15) is 9.18 Å². The van der Waals surface area contributed by atoms with Crippen molar-refractivity contribution in [1.29, 1.82) is 0 Å². The predicted molar refractivity (Wildman–Crippen MR) is 116 cm³/mol. The summed E-state index contributed by atoms with van der Waals surface area (Å²) in [5, 5.41) is 0. The maximum absolute atomic E-state index is 13.9. The number of amides is 1. The molecule has 2 aromatic rings. The third kappa shape index (κ3) is 4.05. The monoisotopic (exact) mass is 423 g/mol. The van der Waals surface area contributed by atoms with Gasteiger partial charge in [0.1, 0.15) is 11.6 Å². The summed E-state index contributed by atoms with van der Waals surface area (Å²) in [7, 11) is 1.69. The number of benzene rings is 1. The van der Waals surface area contributed by atoms with Gasteiger partial charge >= 0.3 is 0 Å². The number of nitrogens with zero attached hydrogens (tertiary/aromatic N) is 3. The summed E-state index contributed by atoms with van der Waals surface area (Å²) in [6, 6.07) is 11.1. The van der Waals surface area contributed by atoms with E-state index in [0.717, 1.165) is 62.3 Å². The highest BCUT2D eigenvalue weighted by Crippen LogP contribution is 2.43. The molecule has 4 heterocycles. The van der Waals surface area contributed by atoms with Crippen molar-refractivity contribution >= 4 is 5.91 Å². The molecule has 6 heteroatoms.